The summed E-state index contributed by atoms with van der Waals surface area (Å²) in [6.45, 7) is -0.0868. The van der Waals surface area contributed by atoms with Crippen LogP contribution >= 0.6 is 0 Å². The minimum Gasteiger partial charge on any atom is -0.444 e. The van der Waals surface area contributed by atoms with Crippen LogP contribution < -0.4 is 15.1 Å². The van der Waals surface area contributed by atoms with Crippen LogP contribution in [0, 0.1) is 5.92 Å². The first-order chi connectivity index (χ1) is 22.9. The molecule has 0 bridgehead atoms. The van der Waals surface area contributed by atoms with Crippen LogP contribution in [0.25, 0.3) is 0 Å². The number of hydrogen-bond acceptors (Lipinski definition) is 6. The normalized spacial score (nSPS) is 18.4. The molecule has 2 heterocycles. The van der Waals surface area contributed by atoms with E-state index in [1.165, 1.54) is 0 Å². The molecule has 2 unspecified atom stereocenters. The molecule has 47 heavy (non-hydrogen) atoms. The molecule has 1 N–H and O–H groups in total. The number of benzene rings is 4. The fourth-order valence-corrected chi connectivity index (χ4v) is 6.81. The third kappa shape index (κ3) is 5.74. The van der Waals surface area contributed by atoms with E-state index in [1.54, 1.807) is 64.4 Å². The minimum absolute atomic E-state index is 0.100. The molecule has 2 aliphatic heterocycles. The fraction of sp³-hybridized carbons (Fsp3) is 0.216. The molecule has 10 nitrogen and oxygen atoms in total. The molecule has 1 saturated carbocycles. The second-order valence-electron chi connectivity index (χ2n) is 11.9. The Bertz CT molecular complexity index is 1860. The molecule has 10 heteroatoms. The maximum Gasteiger partial charge on any atom is 0.411 e. The van der Waals surface area contributed by atoms with Gasteiger partial charge in [0, 0.05) is 11.7 Å². The molecule has 4 aromatic rings. The first kappa shape index (κ1) is 29.9. The molecule has 5 amide bonds. The van der Waals surface area contributed by atoms with Gasteiger partial charge in [-0.2, -0.15) is 0 Å². The highest BCUT2D eigenvalue weighted by Gasteiger charge is 2.47. The van der Waals surface area contributed by atoms with Crippen LogP contribution in [0.4, 0.5) is 21.9 Å². The highest BCUT2D eigenvalue weighted by atomic mass is 16.5. The van der Waals surface area contributed by atoms with Crippen LogP contribution in [0.3, 0.4) is 0 Å². The van der Waals surface area contributed by atoms with Crippen LogP contribution in [0.15, 0.2) is 103 Å². The van der Waals surface area contributed by atoms with Crippen molar-refractivity contribution in [2.24, 2.45) is 5.92 Å². The molecule has 4 aromatic carbocycles. The van der Waals surface area contributed by atoms with Crippen LogP contribution in [0.5, 0.6) is 0 Å². The van der Waals surface area contributed by atoms with Crippen molar-refractivity contribution in [3.05, 3.63) is 125 Å². The van der Waals surface area contributed by atoms with E-state index in [4.69, 9.17) is 4.74 Å². The fourth-order valence-electron chi connectivity index (χ4n) is 6.81. The summed E-state index contributed by atoms with van der Waals surface area (Å²) >= 11 is 0. The lowest BCUT2D eigenvalue weighted by molar-refractivity contribution is -0.123. The van der Waals surface area contributed by atoms with Crippen molar-refractivity contribution in [1.29, 1.82) is 0 Å². The first-order valence-electron chi connectivity index (χ1n) is 15.6. The van der Waals surface area contributed by atoms with Gasteiger partial charge in [-0.1, -0.05) is 73.2 Å². The highest BCUT2D eigenvalue weighted by molar-refractivity contribution is 6.23. The molecule has 0 saturated heterocycles. The molecule has 0 radical (unpaired) electrons. The second-order valence-corrected chi connectivity index (χ2v) is 11.9. The lowest BCUT2D eigenvalue weighted by atomic mass is 10.0. The monoisotopic (exact) mass is 628 g/mol. The summed E-state index contributed by atoms with van der Waals surface area (Å²) in [4.78, 5) is 71.4. The molecule has 1 aliphatic carbocycles. The van der Waals surface area contributed by atoms with Crippen molar-refractivity contribution in [3.63, 3.8) is 0 Å². The first-order valence-corrected chi connectivity index (χ1v) is 15.6. The number of ether oxygens (including phenoxy) is 1. The van der Waals surface area contributed by atoms with E-state index in [9.17, 15) is 24.0 Å². The number of carbonyl (C=O) groups is 5. The molecule has 3 aliphatic rings. The molecule has 0 aromatic heterocycles. The van der Waals surface area contributed by atoms with Gasteiger partial charge < -0.3 is 14.5 Å². The Morgan fingerprint density at radius 1 is 0.723 bits per heavy atom. The van der Waals surface area contributed by atoms with Crippen molar-refractivity contribution >= 4 is 46.8 Å². The molecule has 2 atom stereocenters. The standard InChI is InChI=1S/C37H32N4O6/c42-33(22-40-34(43)27-14-4-5-15-28(27)35(40)44)41-30-19-9-16-29(30)36(45)39(31-17-6-7-18-32(31)41)21-25-12-8-13-26(20-25)38-37(46)47-23-24-10-2-1-3-11-24/h1-8,10-15,17-18,20,29-30H,9,16,19,21-23H2,(H,38,46). The van der Waals surface area contributed by atoms with Crippen LogP contribution in [-0.4, -0.2) is 47.2 Å². The van der Waals surface area contributed by atoms with Crippen LogP contribution in [-0.2, 0) is 27.5 Å². The summed E-state index contributed by atoms with van der Waals surface area (Å²) in [5, 5.41) is 2.76. The highest BCUT2D eigenvalue weighted by Crippen LogP contribution is 2.43. The SMILES string of the molecule is O=C(Nc1cccc(CN2C(=O)C3CCCC3N(C(=O)CN3C(=O)c4ccccc4C3=O)c3ccccc32)c1)OCc1ccccc1. The Kier molecular flexibility index (Phi) is 7.99. The van der Waals surface area contributed by atoms with E-state index >= 15 is 0 Å². The predicted octanol–water partition coefficient (Wildman–Crippen LogP) is 5.78. The van der Waals surface area contributed by atoms with E-state index in [-0.39, 0.29) is 30.2 Å². The number of para-hydroxylation sites is 2. The zero-order valence-corrected chi connectivity index (χ0v) is 25.5. The maximum atomic E-state index is 14.2. The van der Waals surface area contributed by atoms with Crippen molar-refractivity contribution in [2.45, 2.75) is 38.5 Å². The smallest absolute Gasteiger partial charge is 0.411 e. The number of nitrogens with zero attached hydrogens (tertiary/aromatic N) is 3. The van der Waals surface area contributed by atoms with Gasteiger partial charge in [0.1, 0.15) is 13.2 Å². The zero-order chi connectivity index (χ0) is 32.5. The van der Waals surface area contributed by atoms with E-state index < -0.39 is 42.3 Å². The Morgan fingerprint density at radius 3 is 2.13 bits per heavy atom. The molecule has 1 fully saturated rings. The number of rotatable bonds is 7. The Morgan fingerprint density at radius 2 is 1.38 bits per heavy atom. The van der Waals surface area contributed by atoms with Crippen molar-refractivity contribution < 1.29 is 28.7 Å². The summed E-state index contributed by atoms with van der Waals surface area (Å²) in [5.74, 6) is -1.97. The molecule has 236 valence electrons. The Hall–Kier alpha value is -5.77. The van der Waals surface area contributed by atoms with Gasteiger partial charge in [-0.05, 0) is 60.4 Å². The number of amides is 5. The summed E-state index contributed by atoms with van der Waals surface area (Å²) in [6.07, 6.45) is 1.40. The molecule has 0 spiro atoms. The number of hydrogen-bond donors (Lipinski definition) is 1. The van der Waals surface area contributed by atoms with E-state index in [0.717, 1.165) is 22.4 Å². The van der Waals surface area contributed by atoms with Crippen LogP contribution in [0.1, 0.15) is 51.1 Å². The zero-order valence-electron chi connectivity index (χ0n) is 25.5. The average molecular weight is 629 g/mol. The van der Waals surface area contributed by atoms with Gasteiger partial charge in [0.05, 0.1) is 35.0 Å². The van der Waals surface area contributed by atoms with Crippen molar-refractivity contribution in [3.8, 4) is 0 Å². The third-order valence-corrected chi connectivity index (χ3v) is 8.99. The molecular weight excluding hydrogens is 596 g/mol. The number of carbonyl (C=O) groups excluding carboxylic acids is 5. The second kappa shape index (κ2) is 12.6. The van der Waals surface area contributed by atoms with E-state index in [0.29, 0.717) is 29.9 Å². The van der Waals surface area contributed by atoms with Gasteiger partial charge in [-0.15, -0.1) is 0 Å². The van der Waals surface area contributed by atoms with Gasteiger partial charge in [-0.25, -0.2) is 4.79 Å². The summed E-state index contributed by atoms with van der Waals surface area (Å²) in [7, 11) is 0. The topological polar surface area (TPSA) is 116 Å². The Balaban J connectivity index is 1.13. The van der Waals surface area contributed by atoms with E-state index in [2.05, 4.69) is 5.32 Å². The van der Waals surface area contributed by atoms with E-state index in [1.807, 2.05) is 48.5 Å². The molecular formula is C37H32N4O6. The van der Waals surface area contributed by atoms with Gasteiger partial charge in [0.25, 0.3) is 11.8 Å². The summed E-state index contributed by atoms with van der Waals surface area (Å²) < 4.78 is 5.36. The number of anilines is 3. The van der Waals surface area contributed by atoms with Crippen molar-refractivity contribution in [1.82, 2.24) is 4.90 Å². The molecule has 7 rings (SSSR count). The number of imide groups is 1. The number of fused-ring (bicyclic) bond motifs is 3. The Labute approximate surface area is 271 Å². The van der Waals surface area contributed by atoms with Gasteiger partial charge in [-0.3, -0.25) is 29.4 Å². The van der Waals surface area contributed by atoms with Gasteiger partial charge in [0.2, 0.25) is 11.8 Å². The average Bonchev–Trinajstić information content (AvgIpc) is 3.64. The quantitative estimate of drug-likeness (QED) is 0.260. The maximum absolute atomic E-state index is 14.2. The number of nitrogens with one attached hydrogen (secondary N) is 1. The van der Waals surface area contributed by atoms with Gasteiger partial charge >= 0.3 is 6.09 Å². The largest absolute Gasteiger partial charge is 0.444 e. The predicted molar refractivity (Wildman–Crippen MR) is 175 cm³/mol. The minimum atomic E-state index is -0.594. The van der Waals surface area contributed by atoms with Gasteiger partial charge in [0.15, 0.2) is 0 Å². The third-order valence-electron chi connectivity index (χ3n) is 8.99. The lowest BCUT2D eigenvalue weighted by Gasteiger charge is -2.31. The lowest BCUT2D eigenvalue weighted by Crippen LogP contribution is -2.49. The summed E-state index contributed by atoms with van der Waals surface area (Å²) in [6, 6.07) is 30.0. The summed E-state index contributed by atoms with van der Waals surface area (Å²) in [5.41, 5.74) is 3.84. The van der Waals surface area contributed by atoms with Crippen molar-refractivity contribution in [2.75, 3.05) is 21.7 Å². The van der Waals surface area contributed by atoms with Crippen LogP contribution in [0.2, 0.25) is 0 Å².